The van der Waals surface area contributed by atoms with Gasteiger partial charge >= 0.3 is 0 Å². The first kappa shape index (κ1) is 16.3. The smallest absolute Gasteiger partial charge is 0.260 e. The average molecular weight is 383 g/mol. The van der Waals surface area contributed by atoms with Gasteiger partial charge in [-0.3, -0.25) is 4.79 Å². The highest BCUT2D eigenvalue weighted by molar-refractivity contribution is 8.07. The Morgan fingerprint density at radius 3 is 2.72 bits per heavy atom. The fourth-order valence-corrected chi connectivity index (χ4v) is 4.84. The molecule has 4 rings (SSSR count). The molecule has 1 aromatic carbocycles. The lowest BCUT2D eigenvalue weighted by molar-refractivity contribution is 1.15. The molecule has 25 heavy (non-hydrogen) atoms. The Labute approximate surface area is 157 Å². The van der Waals surface area contributed by atoms with E-state index in [1.807, 2.05) is 53.4 Å². The van der Waals surface area contributed by atoms with Crippen LogP contribution < -0.4 is 5.56 Å². The quantitative estimate of drug-likeness (QED) is 0.501. The largest absolute Gasteiger partial charge is 0.305 e. The van der Waals surface area contributed by atoms with Crippen molar-refractivity contribution in [1.82, 2.24) is 9.97 Å². The first-order valence-corrected chi connectivity index (χ1v) is 10.6. The SMILES string of the molecule is CS/C(=C\c1cccs1)c1nc2scc(-c3ccccc3)c2c(=O)[nH]1. The number of nitrogens with one attached hydrogen (secondary N) is 1. The van der Waals surface area contributed by atoms with Crippen LogP contribution in [-0.2, 0) is 0 Å². The number of thiophene rings is 2. The third-order valence-corrected chi connectivity index (χ3v) is 6.24. The first-order chi connectivity index (χ1) is 12.3. The van der Waals surface area contributed by atoms with E-state index in [4.69, 9.17) is 4.98 Å². The molecule has 0 fully saturated rings. The highest BCUT2D eigenvalue weighted by Gasteiger charge is 2.14. The Bertz CT molecular complexity index is 1090. The van der Waals surface area contributed by atoms with Crippen molar-refractivity contribution in [3.8, 4) is 11.1 Å². The summed E-state index contributed by atoms with van der Waals surface area (Å²) in [5.74, 6) is 0.625. The third-order valence-electron chi connectivity index (χ3n) is 3.80. The zero-order valence-electron chi connectivity index (χ0n) is 13.4. The second-order valence-electron chi connectivity index (χ2n) is 5.34. The summed E-state index contributed by atoms with van der Waals surface area (Å²) in [7, 11) is 0. The van der Waals surface area contributed by atoms with Gasteiger partial charge in [0.05, 0.1) is 10.3 Å². The first-order valence-electron chi connectivity index (χ1n) is 7.63. The van der Waals surface area contributed by atoms with Gasteiger partial charge in [-0.25, -0.2) is 4.98 Å². The molecule has 4 aromatic rings. The number of nitrogens with zero attached hydrogens (tertiary/aromatic N) is 1. The van der Waals surface area contributed by atoms with Gasteiger partial charge in [-0.1, -0.05) is 36.4 Å². The molecule has 0 unspecified atom stereocenters. The molecule has 0 aliphatic rings. The van der Waals surface area contributed by atoms with Crippen LogP contribution in [0, 0.1) is 0 Å². The summed E-state index contributed by atoms with van der Waals surface area (Å²) in [6.45, 7) is 0. The molecule has 0 saturated heterocycles. The van der Waals surface area contributed by atoms with Crippen LogP contribution >= 0.6 is 34.4 Å². The van der Waals surface area contributed by atoms with Crippen LogP contribution in [0.3, 0.4) is 0 Å². The molecular weight excluding hydrogens is 368 g/mol. The Balaban J connectivity index is 1.85. The standard InChI is InChI=1S/C19H14N2OS3/c1-23-15(10-13-8-5-9-24-13)17-20-18(22)16-14(11-25-19(16)21-17)12-6-3-2-4-7-12/h2-11H,1H3,(H,20,21,22)/b15-10-. The molecule has 0 spiro atoms. The topological polar surface area (TPSA) is 45.8 Å². The van der Waals surface area contributed by atoms with Gasteiger partial charge in [0.15, 0.2) is 0 Å². The van der Waals surface area contributed by atoms with Crippen molar-refractivity contribution in [2.75, 3.05) is 6.26 Å². The van der Waals surface area contributed by atoms with Crippen molar-refractivity contribution in [1.29, 1.82) is 0 Å². The number of benzene rings is 1. The van der Waals surface area contributed by atoms with Gasteiger partial charge in [0, 0.05) is 15.8 Å². The highest BCUT2D eigenvalue weighted by atomic mass is 32.2. The van der Waals surface area contributed by atoms with Crippen LogP contribution in [0.5, 0.6) is 0 Å². The maximum Gasteiger partial charge on any atom is 0.260 e. The maximum atomic E-state index is 12.8. The summed E-state index contributed by atoms with van der Waals surface area (Å²) in [6.07, 6.45) is 4.05. The Morgan fingerprint density at radius 2 is 2.00 bits per heavy atom. The maximum absolute atomic E-state index is 12.8. The van der Waals surface area contributed by atoms with Crippen LogP contribution in [0.15, 0.2) is 58.0 Å². The zero-order valence-corrected chi connectivity index (χ0v) is 15.8. The number of hydrogen-bond acceptors (Lipinski definition) is 5. The minimum absolute atomic E-state index is 0.0915. The van der Waals surface area contributed by atoms with E-state index in [-0.39, 0.29) is 5.56 Å². The molecule has 3 heterocycles. The molecule has 124 valence electrons. The van der Waals surface area contributed by atoms with Gasteiger partial charge in [0.1, 0.15) is 10.7 Å². The van der Waals surface area contributed by atoms with Crippen LogP contribution in [0.1, 0.15) is 10.7 Å². The van der Waals surface area contributed by atoms with Gasteiger partial charge in [0.2, 0.25) is 0 Å². The lowest BCUT2D eigenvalue weighted by Crippen LogP contribution is -2.10. The normalized spacial score (nSPS) is 12.0. The second kappa shape index (κ2) is 7.00. The van der Waals surface area contributed by atoms with Crippen molar-refractivity contribution >= 4 is 55.6 Å². The summed E-state index contributed by atoms with van der Waals surface area (Å²) in [5, 5.41) is 4.71. The predicted molar refractivity (Wildman–Crippen MR) is 111 cm³/mol. The molecule has 0 amide bonds. The van der Waals surface area contributed by atoms with Crippen LogP contribution in [-0.4, -0.2) is 16.2 Å². The van der Waals surface area contributed by atoms with E-state index >= 15 is 0 Å². The van der Waals surface area contributed by atoms with E-state index in [1.54, 1.807) is 23.1 Å². The van der Waals surface area contributed by atoms with Crippen LogP contribution in [0.25, 0.3) is 32.3 Å². The summed E-state index contributed by atoms with van der Waals surface area (Å²) in [5.41, 5.74) is 1.88. The van der Waals surface area contributed by atoms with E-state index < -0.39 is 0 Å². The summed E-state index contributed by atoms with van der Waals surface area (Å²) in [4.78, 5) is 23.3. The van der Waals surface area contributed by atoms with Gasteiger partial charge in [-0.2, -0.15) is 0 Å². The fraction of sp³-hybridized carbons (Fsp3) is 0.0526. The van der Waals surface area contributed by atoms with Crippen LogP contribution in [0.4, 0.5) is 0 Å². The summed E-state index contributed by atoms with van der Waals surface area (Å²) in [6, 6.07) is 14.0. The molecule has 0 radical (unpaired) electrons. The number of thioether (sulfide) groups is 1. The molecule has 0 aliphatic heterocycles. The zero-order chi connectivity index (χ0) is 17.2. The van der Waals surface area contributed by atoms with Gasteiger partial charge < -0.3 is 4.98 Å². The van der Waals surface area contributed by atoms with Crippen molar-refractivity contribution in [2.24, 2.45) is 0 Å². The molecule has 3 nitrogen and oxygen atoms in total. The van der Waals surface area contributed by atoms with Gasteiger partial charge in [-0.05, 0) is 29.3 Å². The van der Waals surface area contributed by atoms with E-state index in [0.717, 1.165) is 25.7 Å². The van der Waals surface area contributed by atoms with E-state index in [1.165, 1.54) is 11.3 Å². The van der Waals surface area contributed by atoms with Gasteiger partial charge in [0.25, 0.3) is 5.56 Å². The van der Waals surface area contributed by atoms with E-state index in [0.29, 0.717) is 11.2 Å². The lowest BCUT2D eigenvalue weighted by atomic mass is 10.1. The monoisotopic (exact) mass is 382 g/mol. The predicted octanol–water partition coefficient (Wildman–Crippen LogP) is 5.57. The number of hydrogen-bond donors (Lipinski definition) is 1. The molecule has 1 N–H and O–H groups in total. The number of fused-ring (bicyclic) bond motifs is 1. The minimum Gasteiger partial charge on any atom is -0.305 e. The van der Waals surface area contributed by atoms with Crippen molar-refractivity contribution in [3.05, 3.63) is 74.3 Å². The van der Waals surface area contributed by atoms with Gasteiger partial charge in [-0.15, -0.1) is 34.4 Å². The van der Waals surface area contributed by atoms with E-state index in [2.05, 4.69) is 17.1 Å². The number of aromatic nitrogens is 2. The second-order valence-corrected chi connectivity index (χ2v) is 8.02. The molecule has 3 aromatic heterocycles. The molecule has 6 heteroatoms. The molecule has 0 saturated carbocycles. The summed E-state index contributed by atoms with van der Waals surface area (Å²) >= 11 is 4.75. The van der Waals surface area contributed by atoms with Crippen LogP contribution in [0.2, 0.25) is 0 Å². The highest BCUT2D eigenvalue weighted by Crippen LogP contribution is 2.32. The third kappa shape index (κ3) is 3.20. The number of rotatable bonds is 4. The number of aromatic amines is 1. The van der Waals surface area contributed by atoms with Crippen molar-refractivity contribution in [3.63, 3.8) is 0 Å². The average Bonchev–Trinajstić information content (AvgIpc) is 3.30. The Hall–Kier alpha value is -2.15. The van der Waals surface area contributed by atoms with Crippen molar-refractivity contribution in [2.45, 2.75) is 0 Å². The van der Waals surface area contributed by atoms with Crippen molar-refractivity contribution < 1.29 is 0 Å². The minimum atomic E-state index is -0.0915. The fourth-order valence-electron chi connectivity index (χ4n) is 2.62. The Kier molecular flexibility index (Phi) is 4.57. The molecule has 0 atom stereocenters. The molecule has 0 aliphatic carbocycles. The molecular formula is C19H14N2OS3. The molecule has 0 bridgehead atoms. The summed E-state index contributed by atoms with van der Waals surface area (Å²) < 4.78 is 0. The Morgan fingerprint density at radius 1 is 1.16 bits per heavy atom. The van der Waals surface area contributed by atoms with E-state index in [9.17, 15) is 4.79 Å². The number of H-pyrrole nitrogens is 1. The lowest BCUT2D eigenvalue weighted by Gasteiger charge is -2.04.